The Morgan fingerprint density at radius 2 is 1.92 bits per heavy atom. The molecular weight excluding hydrogens is 340 g/mol. The van der Waals surface area contributed by atoms with Crippen LogP contribution in [-0.2, 0) is 4.74 Å². The van der Waals surface area contributed by atoms with E-state index in [9.17, 15) is 9.90 Å². The molecule has 5 nitrogen and oxygen atoms in total. The van der Waals surface area contributed by atoms with Gasteiger partial charge in [-0.25, -0.2) is 9.78 Å². The summed E-state index contributed by atoms with van der Waals surface area (Å²) in [4.78, 5) is 20.1. The van der Waals surface area contributed by atoms with E-state index in [0.717, 1.165) is 10.9 Å². The van der Waals surface area contributed by atoms with Crippen molar-refractivity contribution < 1.29 is 14.6 Å². The second-order valence-corrected chi connectivity index (χ2v) is 6.07. The van der Waals surface area contributed by atoms with Crippen molar-refractivity contribution in [3.8, 4) is 17.0 Å². The summed E-state index contributed by atoms with van der Waals surface area (Å²) in [5, 5.41) is 11.1. The number of pyridine rings is 1. The molecule has 0 aliphatic rings. The Bertz CT molecular complexity index is 1120. The monoisotopic (exact) mass is 352 g/mol. The first-order valence-electron chi connectivity index (χ1n) is 7.56. The first kappa shape index (κ1) is 15.5. The highest BCUT2D eigenvalue weighted by Crippen LogP contribution is 2.32. The number of hydrogen-bond donors (Lipinski definition) is 2. The number of nitrogens with zero attached hydrogens (tertiary/aromatic N) is 1. The van der Waals surface area contributed by atoms with Gasteiger partial charge in [-0.3, -0.25) is 0 Å². The number of aromatic nitrogens is 2. The van der Waals surface area contributed by atoms with Gasteiger partial charge in [0.05, 0.1) is 34.9 Å². The average Bonchev–Trinajstić information content (AvgIpc) is 2.98. The summed E-state index contributed by atoms with van der Waals surface area (Å²) >= 11 is 5.95. The number of ether oxygens (including phenoxy) is 1. The maximum absolute atomic E-state index is 12.3. The molecule has 0 bridgehead atoms. The number of esters is 1. The molecule has 0 amide bonds. The van der Waals surface area contributed by atoms with E-state index in [1.165, 1.54) is 7.11 Å². The van der Waals surface area contributed by atoms with Crippen LogP contribution in [0.1, 0.15) is 10.4 Å². The number of phenols is 1. The minimum absolute atomic E-state index is 0.136. The zero-order valence-corrected chi connectivity index (χ0v) is 14.0. The Morgan fingerprint density at radius 3 is 2.64 bits per heavy atom. The molecule has 124 valence electrons. The fraction of sp³-hybridized carbons (Fsp3) is 0.0526. The topological polar surface area (TPSA) is 75.2 Å². The van der Waals surface area contributed by atoms with Crippen molar-refractivity contribution in [1.29, 1.82) is 0 Å². The van der Waals surface area contributed by atoms with Crippen molar-refractivity contribution in [2.45, 2.75) is 0 Å². The molecule has 0 radical (unpaired) electrons. The molecule has 4 rings (SSSR count). The fourth-order valence-corrected chi connectivity index (χ4v) is 3.01. The minimum Gasteiger partial charge on any atom is -0.508 e. The number of carbonyl (C=O) groups is 1. The number of nitrogens with one attached hydrogen (secondary N) is 1. The number of carbonyl (C=O) groups excluding carboxylic acids is 1. The number of fused-ring (bicyclic) bond motifs is 3. The lowest BCUT2D eigenvalue weighted by Crippen LogP contribution is -2.03. The number of hydrogen-bond acceptors (Lipinski definition) is 4. The van der Waals surface area contributed by atoms with Crippen molar-refractivity contribution in [2.24, 2.45) is 0 Å². The molecule has 0 unspecified atom stereocenters. The SMILES string of the molecule is COC(=O)c1cc(-c2ccc(Cl)cc2)nc2c1[nH]c1cc(O)ccc12. The number of H-pyrrole nitrogens is 1. The highest BCUT2D eigenvalue weighted by molar-refractivity contribution is 6.30. The highest BCUT2D eigenvalue weighted by atomic mass is 35.5. The lowest BCUT2D eigenvalue weighted by molar-refractivity contribution is 0.0603. The predicted octanol–water partition coefficient (Wildman–Crippen LogP) is 4.53. The van der Waals surface area contributed by atoms with Crippen LogP contribution in [0.25, 0.3) is 33.2 Å². The Hall–Kier alpha value is -3.05. The van der Waals surface area contributed by atoms with Gasteiger partial charge in [-0.15, -0.1) is 0 Å². The predicted molar refractivity (Wildman–Crippen MR) is 97.1 cm³/mol. The van der Waals surface area contributed by atoms with Gasteiger partial charge in [-0.1, -0.05) is 23.7 Å². The first-order chi connectivity index (χ1) is 12.1. The second kappa shape index (κ2) is 5.79. The summed E-state index contributed by atoms with van der Waals surface area (Å²) in [7, 11) is 1.34. The molecule has 0 saturated heterocycles. The summed E-state index contributed by atoms with van der Waals surface area (Å²) in [6.45, 7) is 0. The Morgan fingerprint density at radius 1 is 1.16 bits per heavy atom. The molecule has 2 aromatic carbocycles. The third-order valence-electron chi connectivity index (χ3n) is 4.08. The third kappa shape index (κ3) is 2.58. The molecule has 0 aliphatic carbocycles. The van der Waals surface area contributed by atoms with Crippen LogP contribution in [0, 0.1) is 0 Å². The number of aromatic hydroxyl groups is 1. The zero-order chi connectivity index (χ0) is 17.6. The van der Waals surface area contributed by atoms with Crippen LogP contribution in [0.4, 0.5) is 0 Å². The Kier molecular flexibility index (Phi) is 3.58. The summed E-state index contributed by atoms with van der Waals surface area (Å²) in [5.74, 6) is -0.324. The number of halogens is 1. The van der Waals surface area contributed by atoms with Crippen molar-refractivity contribution in [3.63, 3.8) is 0 Å². The van der Waals surface area contributed by atoms with Crippen molar-refractivity contribution in [3.05, 3.63) is 59.1 Å². The normalized spacial score (nSPS) is 11.1. The Balaban J connectivity index is 2.06. The van der Waals surface area contributed by atoms with Crippen LogP contribution in [0.15, 0.2) is 48.5 Å². The van der Waals surface area contributed by atoms with Gasteiger partial charge in [0.15, 0.2) is 0 Å². The largest absolute Gasteiger partial charge is 0.508 e. The molecule has 2 heterocycles. The molecule has 0 spiro atoms. The molecule has 2 N–H and O–H groups in total. The van der Waals surface area contributed by atoms with E-state index in [1.54, 1.807) is 36.4 Å². The van der Waals surface area contributed by atoms with Crippen molar-refractivity contribution in [2.75, 3.05) is 7.11 Å². The molecule has 0 atom stereocenters. The van der Waals surface area contributed by atoms with E-state index in [4.69, 9.17) is 21.3 Å². The number of aromatic amines is 1. The van der Waals surface area contributed by atoms with Gasteiger partial charge >= 0.3 is 5.97 Å². The first-order valence-corrected chi connectivity index (χ1v) is 7.94. The van der Waals surface area contributed by atoms with Crippen LogP contribution in [0.3, 0.4) is 0 Å². The van der Waals surface area contributed by atoms with Gasteiger partial charge in [0.25, 0.3) is 0 Å². The summed E-state index contributed by atoms with van der Waals surface area (Å²) in [5.41, 5.74) is 3.77. The number of methoxy groups -OCH3 is 1. The van der Waals surface area contributed by atoms with E-state index in [0.29, 0.717) is 32.8 Å². The van der Waals surface area contributed by atoms with Crippen molar-refractivity contribution in [1.82, 2.24) is 9.97 Å². The summed E-state index contributed by atoms with van der Waals surface area (Å²) < 4.78 is 4.92. The van der Waals surface area contributed by atoms with Crippen LogP contribution in [0.5, 0.6) is 5.75 Å². The van der Waals surface area contributed by atoms with Gasteiger partial charge in [-0.2, -0.15) is 0 Å². The van der Waals surface area contributed by atoms with E-state index < -0.39 is 5.97 Å². The van der Waals surface area contributed by atoms with Gasteiger partial charge in [-0.05, 0) is 30.3 Å². The molecular formula is C19H13ClN2O3. The fourth-order valence-electron chi connectivity index (χ4n) is 2.88. The van der Waals surface area contributed by atoms with Gasteiger partial charge in [0, 0.05) is 22.0 Å². The summed E-state index contributed by atoms with van der Waals surface area (Å²) in [6, 6.07) is 13.9. The molecule has 0 fully saturated rings. The molecule has 0 aliphatic heterocycles. The number of phenolic OH excluding ortho intramolecular Hbond substituents is 1. The van der Waals surface area contributed by atoms with Gasteiger partial charge < -0.3 is 14.8 Å². The maximum atomic E-state index is 12.3. The van der Waals surface area contributed by atoms with Crippen LogP contribution in [0.2, 0.25) is 5.02 Å². The van der Waals surface area contributed by atoms with E-state index in [2.05, 4.69) is 4.98 Å². The number of rotatable bonds is 2. The molecule has 25 heavy (non-hydrogen) atoms. The maximum Gasteiger partial charge on any atom is 0.340 e. The molecule has 6 heteroatoms. The van der Waals surface area contributed by atoms with E-state index >= 15 is 0 Å². The van der Waals surface area contributed by atoms with Crippen LogP contribution in [-0.4, -0.2) is 28.2 Å². The lowest BCUT2D eigenvalue weighted by Gasteiger charge is -2.06. The van der Waals surface area contributed by atoms with E-state index in [-0.39, 0.29) is 5.75 Å². The zero-order valence-electron chi connectivity index (χ0n) is 13.2. The minimum atomic E-state index is -0.460. The number of benzene rings is 2. The lowest BCUT2D eigenvalue weighted by atomic mass is 10.1. The third-order valence-corrected chi connectivity index (χ3v) is 4.33. The Labute approximate surface area is 147 Å². The van der Waals surface area contributed by atoms with Crippen LogP contribution < -0.4 is 0 Å². The summed E-state index contributed by atoms with van der Waals surface area (Å²) in [6.07, 6.45) is 0. The van der Waals surface area contributed by atoms with Gasteiger partial charge in [0.1, 0.15) is 5.75 Å². The molecule has 4 aromatic rings. The van der Waals surface area contributed by atoms with Crippen molar-refractivity contribution >= 4 is 39.5 Å². The molecule has 0 saturated carbocycles. The van der Waals surface area contributed by atoms with Gasteiger partial charge in [0.2, 0.25) is 0 Å². The van der Waals surface area contributed by atoms with E-state index in [1.807, 2.05) is 12.1 Å². The second-order valence-electron chi connectivity index (χ2n) is 5.63. The highest BCUT2D eigenvalue weighted by Gasteiger charge is 2.18. The molecule has 2 aromatic heterocycles. The standard InChI is InChI=1S/C19H13ClN2O3/c1-25-19(24)14-9-15(10-2-4-11(20)5-3-10)21-17-13-7-6-12(23)8-16(13)22-18(14)17/h2-9,22-23H,1H3. The van der Waals surface area contributed by atoms with Crippen LogP contribution >= 0.6 is 11.6 Å². The quantitative estimate of drug-likeness (QED) is 0.520. The smallest absolute Gasteiger partial charge is 0.340 e. The average molecular weight is 353 g/mol.